The number of ether oxygens (including phenoxy) is 4. The molecule has 0 radical (unpaired) electrons. The number of aromatic hydroxyl groups is 1. The van der Waals surface area contributed by atoms with Crippen molar-refractivity contribution in [3.63, 3.8) is 0 Å². The zero-order valence-electron chi connectivity index (χ0n) is 39.1. The number of thiazole rings is 1. The number of methoxy groups -OCH3 is 1. The number of carbonyl (C=O) groups excluding carboxylic acids is 5. The number of Topliss-reactive ketones (excluding diaryl/α,β-unsaturated/α-hetero) is 3. The van der Waals surface area contributed by atoms with E-state index in [0.29, 0.717) is 13.1 Å². The number of phenols is 1. The number of hydrogen-bond donors (Lipinski definition) is 4. The van der Waals surface area contributed by atoms with Crippen molar-refractivity contribution >= 4 is 45.7 Å². The molecule has 4 aliphatic heterocycles. The Morgan fingerprint density at radius 3 is 2.22 bits per heavy atom. The van der Waals surface area contributed by atoms with E-state index in [1.54, 1.807) is 44.7 Å². The first-order chi connectivity index (χ1) is 31.8. The van der Waals surface area contributed by atoms with Crippen molar-refractivity contribution in [2.45, 2.75) is 85.6 Å². The van der Waals surface area contributed by atoms with Gasteiger partial charge in [-0.2, -0.15) is 0 Å². The Labute approximate surface area is 393 Å². The number of aliphatic hydroxyl groups excluding tert-OH is 2. The molecule has 356 valence electrons. The summed E-state index contributed by atoms with van der Waals surface area (Å²) >= 11 is 1.48. The number of allylic oxidation sites excluding steroid dienone is 4. The number of fused-ring (bicyclic) bond motifs is 14. The van der Waals surface area contributed by atoms with Crippen LogP contribution in [0, 0.1) is 30.6 Å². The quantitative estimate of drug-likeness (QED) is 0.219. The van der Waals surface area contributed by atoms with Crippen molar-refractivity contribution in [3.05, 3.63) is 105 Å². The van der Waals surface area contributed by atoms with Crippen molar-refractivity contribution in [3.8, 4) is 22.8 Å². The van der Waals surface area contributed by atoms with Gasteiger partial charge in [0, 0.05) is 92.9 Å². The lowest BCUT2D eigenvalue weighted by molar-refractivity contribution is -0.160. The van der Waals surface area contributed by atoms with Crippen molar-refractivity contribution in [1.29, 1.82) is 0 Å². The molecule has 9 unspecified atom stereocenters. The molecule has 1 amide bonds. The summed E-state index contributed by atoms with van der Waals surface area (Å²) in [6.45, 7) is 13.7. The molecule has 5 aliphatic rings. The first kappa shape index (κ1) is 48.8. The van der Waals surface area contributed by atoms with Crippen LogP contribution in [0.2, 0.25) is 0 Å². The molecule has 16 nitrogen and oxygen atoms in total. The van der Waals surface area contributed by atoms with Gasteiger partial charge in [0.05, 0.1) is 47.0 Å². The predicted octanol–water partition coefficient (Wildman–Crippen LogP) is 5.90. The number of nitrogens with zero attached hydrogens (tertiary/aromatic N) is 3. The monoisotopic (exact) mass is 938 g/mol. The molecule has 4 N–H and O–H groups in total. The summed E-state index contributed by atoms with van der Waals surface area (Å²) in [4.78, 5) is 79.7. The van der Waals surface area contributed by atoms with Gasteiger partial charge in [-0.15, -0.1) is 11.3 Å². The van der Waals surface area contributed by atoms with Crippen LogP contribution >= 0.6 is 11.3 Å². The molecule has 0 spiro atoms. The van der Waals surface area contributed by atoms with Gasteiger partial charge in [0.25, 0.3) is 11.7 Å². The van der Waals surface area contributed by atoms with Crippen molar-refractivity contribution in [1.82, 2.24) is 15.2 Å². The van der Waals surface area contributed by atoms with E-state index in [0.717, 1.165) is 16.4 Å². The molecular formula is C50H58N4O12S. The lowest BCUT2D eigenvalue weighted by atomic mass is 9.78. The molecule has 1 aliphatic carbocycles. The van der Waals surface area contributed by atoms with E-state index in [4.69, 9.17) is 23.9 Å². The Bertz CT molecular complexity index is 2580. The molecule has 2 aromatic carbocycles. The van der Waals surface area contributed by atoms with Gasteiger partial charge in [0.15, 0.2) is 5.13 Å². The van der Waals surface area contributed by atoms with Gasteiger partial charge in [-0.05, 0) is 19.9 Å². The average Bonchev–Trinajstić information content (AvgIpc) is 3.91. The summed E-state index contributed by atoms with van der Waals surface area (Å²) < 4.78 is 23.7. The third-order valence-electron chi connectivity index (χ3n) is 13.4. The lowest BCUT2D eigenvalue weighted by Gasteiger charge is -2.38. The maximum atomic E-state index is 15.2. The second-order valence-corrected chi connectivity index (χ2v) is 18.7. The highest BCUT2D eigenvalue weighted by molar-refractivity contribution is 7.14. The number of piperazine rings is 1. The fraction of sp³-hybridized carbons (Fsp3) is 0.440. The normalized spacial score (nSPS) is 30.3. The molecule has 67 heavy (non-hydrogen) atoms. The number of aromatic nitrogens is 1. The SMILES string of the molecule is COC1/C=C/OC2(C)Oc3c(C)c(O)c4c(c3C2=O)C(=O)C(N2CCN(c3nc(-c5ccccc5)cs3)CC2)=C(NC(=O)/C(C)=C\C=C\C(C)C(O)C(C)C(O)C(C)C(OC(C)=O)C1C)C4=O. The van der Waals surface area contributed by atoms with Gasteiger partial charge >= 0.3 is 11.8 Å². The highest BCUT2D eigenvalue weighted by atomic mass is 32.1. The Morgan fingerprint density at radius 2 is 1.57 bits per heavy atom. The van der Waals surface area contributed by atoms with Crippen LogP contribution in [-0.4, -0.2) is 118 Å². The number of nitrogens with one attached hydrogen (secondary N) is 1. The molecular weight excluding hydrogens is 881 g/mol. The van der Waals surface area contributed by atoms with Gasteiger partial charge in [-0.3, -0.25) is 24.0 Å². The van der Waals surface area contributed by atoms with Crippen LogP contribution in [0.25, 0.3) is 11.3 Å². The molecule has 1 fully saturated rings. The minimum absolute atomic E-state index is 0.00181. The van der Waals surface area contributed by atoms with E-state index in [1.807, 2.05) is 35.7 Å². The molecule has 17 heteroatoms. The summed E-state index contributed by atoms with van der Waals surface area (Å²) in [6, 6.07) is 9.78. The van der Waals surface area contributed by atoms with Crippen LogP contribution in [-0.2, 0) is 23.8 Å². The van der Waals surface area contributed by atoms with Gasteiger partial charge in [0.2, 0.25) is 11.6 Å². The van der Waals surface area contributed by atoms with Crippen LogP contribution in [0.1, 0.15) is 85.1 Å². The summed E-state index contributed by atoms with van der Waals surface area (Å²) in [5.41, 5.74) is 0.325. The molecule has 8 rings (SSSR count). The highest BCUT2D eigenvalue weighted by Crippen LogP contribution is 2.49. The number of benzene rings is 2. The standard InChI is InChI=1S/C50H58N4O12S/c1-25-14-13-15-26(2)48(62)52-38-39(53-19-21-54(22-20-53)49-51-33(24-67-49)32-16-11-10-12-17-32)44(60)35-36(43(38)59)42(58)30(6)46-37(35)47(61)50(8,66-46)64-23-18-34(63-9)27(3)45(65-31(7)55)29(5)41(57)28(4)40(25)56/h10-18,23-25,27-29,34,40-41,45,56-58H,19-22H2,1-9H3,(H,52,62)/b14-13+,23-18+,26-15-. The second kappa shape index (κ2) is 19.6. The van der Waals surface area contributed by atoms with Crippen molar-refractivity contribution in [2.75, 3.05) is 38.2 Å². The number of esters is 1. The van der Waals surface area contributed by atoms with Gasteiger partial charge in [-0.25, -0.2) is 4.98 Å². The third-order valence-corrected chi connectivity index (χ3v) is 14.3. The molecule has 1 saturated heterocycles. The summed E-state index contributed by atoms with van der Waals surface area (Å²) in [6.07, 6.45) is 3.44. The van der Waals surface area contributed by atoms with E-state index in [-0.39, 0.29) is 52.5 Å². The summed E-state index contributed by atoms with van der Waals surface area (Å²) in [5.74, 6) is -9.19. The van der Waals surface area contributed by atoms with E-state index < -0.39 is 94.4 Å². The van der Waals surface area contributed by atoms with Crippen LogP contribution in [0.3, 0.4) is 0 Å². The van der Waals surface area contributed by atoms with Gasteiger partial charge < -0.3 is 49.4 Å². The molecule has 5 heterocycles. The maximum Gasteiger partial charge on any atom is 0.312 e. The first-order valence-corrected chi connectivity index (χ1v) is 23.2. The topological polar surface area (TPSA) is 214 Å². The predicted molar refractivity (Wildman–Crippen MR) is 250 cm³/mol. The second-order valence-electron chi connectivity index (χ2n) is 17.9. The average molecular weight is 939 g/mol. The number of carbonyl (C=O) groups is 5. The summed E-state index contributed by atoms with van der Waals surface area (Å²) in [5, 5.41) is 40.2. The van der Waals surface area contributed by atoms with Gasteiger partial charge in [-0.1, -0.05) is 76.3 Å². The smallest absolute Gasteiger partial charge is 0.312 e. The highest BCUT2D eigenvalue weighted by Gasteiger charge is 2.53. The van der Waals surface area contributed by atoms with Gasteiger partial charge in [0.1, 0.15) is 29.0 Å². The minimum Gasteiger partial charge on any atom is -0.507 e. The number of hydrogen-bond acceptors (Lipinski definition) is 16. The zero-order chi connectivity index (χ0) is 48.6. The maximum absolute atomic E-state index is 15.2. The van der Waals surface area contributed by atoms with Crippen molar-refractivity contribution in [2.24, 2.45) is 23.7 Å². The van der Waals surface area contributed by atoms with E-state index >= 15 is 4.79 Å². The van der Waals surface area contributed by atoms with Crippen LogP contribution in [0.5, 0.6) is 11.5 Å². The van der Waals surface area contributed by atoms with E-state index in [1.165, 1.54) is 64.6 Å². The largest absolute Gasteiger partial charge is 0.507 e. The fourth-order valence-corrected chi connectivity index (χ4v) is 10.1. The number of amides is 1. The molecule has 3 aromatic rings. The Balaban J connectivity index is 1.30. The fourth-order valence-electron chi connectivity index (χ4n) is 9.25. The Hall–Kier alpha value is -6.14. The van der Waals surface area contributed by atoms with Crippen LogP contribution < -0.4 is 15.0 Å². The molecule has 1 aromatic heterocycles. The number of rotatable bonds is 5. The van der Waals surface area contributed by atoms with E-state index in [2.05, 4.69) is 10.2 Å². The van der Waals surface area contributed by atoms with Crippen molar-refractivity contribution < 1.29 is 58.2 Å². The molecule has 9 atom stereocenters. The summed E-state index contributed by atoms with van der Waals surface area (Å²) in [7, 11) is 1.43. The zero-order valence-corrected chi connectivity index (χ0v) is 39.9. The molecule has 0 saturated carbocycles. The van der Waals surface area contributed by atoms with Crippen LogP contribution in [0.15, 0.2) is 83.2 Å². The third kappa shape index (κ3) is 9.29. The Morgan fingerprint density at radius 1 is 0.896 bits per heavy atom. The lowest BCUT2D eigenvalue weighted by Crippen LogP contribution is -2.50. The number of phenolic OH excluding ortho intramolecular Hbond substituents is 1. The Kier molecular flexibility index (Phi) is 14.3. The van der Waals surface area contributed by atoms with E-state index in [9.17, 15) is 34.5 Å². The first-order valence-electron chi connectivity index (χ1n) is 22.3. The number of ketones is 3. The number of aliphatic hydroxyl groups is 2. The van der Waals surface area contributed by atoms with Crippen LogP contribution in [0.4, 0.5) is 5.13 Å². The number of anilines is 1. The molecule has 5 bridgehead atoms. The minimum atomic E-state index is -2.10.